The monoisotopic (exact) mass is 329 g/mol. The molecule has 0 heterocycles. The first kappa shape index (κ1) is 18.6. The van der Waals surface area contributed by atoms with Gasteiger partial charge < -0.3 is 9.47 Å². The van der Waals surface area contributed by atoms with Crippen LogP contribution in [0.15, 0.2) is 12.2 Å². The number of rotatable bonds is 6. The number of carbonyl (C=O) groups excluding carboxylic acids is 1. The average molecular weight is 331 g/mol. The molecule has 0 aromatic rings. The molecule has 0 spiro atoms. The van der Waals surface area contributed by atoms with Crippen LogP contribution in [-0.4, -0.2) is 28.4 Å². The van der Waals surface area contributed by atoms with Crippen LogP contribution in [0.4, 0.5) is 0 Å². The number of hydrogen-bond acceptors (Lipinski definition) is 4. The molecular weight excluding hydrogens is 312 g/mol. The lowest BCUT2D eigenvalue weighted by atomic mass is 10.1. The number of halogens is 3. The summed E-state index contributed by atoms with van der Waals surface area (Å²) in [6, 6.07) is 0. The van der Waals surface area contributed by atoms with Gasteiger partial charge in [-0.1, -0.05) is 54.7 Å². The van der Waals surface area contributed by atoms with E-state index in [9.17, 15) is 4.79 Å². The van der Waals surface area contributed by atoms with Gasteiger partial charge in [0, 0.05) is 6.92 Å². The fourth-order valence-corrected chi connectivity index (χ4v) is 1.29. The van der Waals surface area contributed by atoms with Gasteiger partial charge in [-0.2, -0.15) is 0 Å². The minimum absolute atomic E-state index is 0.181. The van der Waals surface area contributed by atoms with Crippen molar-refractivity contribution in [2.24, 2.45) is 5.92 Å². The molecule has 0 aliphatic heterocycles. The van der Waals surface area contributed by atoms with Gasteiger partial charge in [0.1, 0.15) is 6.10 Å². The standard InChI is InChI=1S/C12H18Cl3NO3/c1-8(2)10(19-9(3)17)6-4-5-7-18-11(16)12(13,14)15/h4,6,8,10,16H,5,7H2,1-3H3/b6-4+,16-11?. The second kappa shape index (κ2) is 8.67. The number of ether oxygens (including phenoxy) is 2. The van der Waals surface area contributed by atoms with Crippen LogP contribution in [0.25, 0.3) is 0 Å². The second-order valence-electron chi connectivity index (χ2n) is 4.21. The number of esters is 1. The fourth-order valence-electron chi connectivity index (χ4n) is 1.13. The molecule has 1 atom stereocenters. The summed E-state index contributed by atoms with van der Waals surface area (Å²) < 4.78 is 8.25. The van der Waals surface area contributed by atoms with E-state index in [1.54, 1.807) is 12.2 Å². The summed E-state index contributed by atoms with van der Waals surface area (Å²) in [6.45, 7) is 5.49. The van der Waals surface area contributed by atoms with Crippen LogP contribution in [0.3, 0.4) is 0 Å². The van der Waals surface area contributed by atoms with Gasteiger partial charge in [0.25, 0.3) is 3.79 Å². The van der Waals surface area contributed by atoms with E-state index in [1.807, 2.05) is 13.8 Å². The Morgan fingerprint density at radius 3 is 2.37 bits per heavy atom. The van der Waals surface area contributed by atoms with Crippen molar-refractivity contribution >= 4 is 46.7 Å². The molecule has 4 nitrogen and oxygen atoms in total. The van der Waals surface area contributed by atoms with E-state index in [0.717, 1.165) is 0 Å². The molecule has 0 aliphatic rings. The molecule has 0 bridgehead atoms. The fraction of sp³-hybridized carbons (Fsp3) is 0.667. The maximum atomic E-state index is 10.9. The lowest BCUT2D eigenvalue weighted by Gasteiger charge is -2.16. The molecule has 110 valence electrons. The van der Waals surface area contributed by atoms with Crippen LogP contribution in [0.2, 0.25) is 0 Å². The SMILES string of the molecule is CC(=O)OC(/C=C/CCOC(=N)C(Cl)(Cl)Cl)C(C)C. The zero-order valence-corrected chi connectivity index (χ0v) is 13.4. The Kier molecular flexibility index (Phi) is 8.46. The van der Waals surface area contributed by atoms with Crippen LogP contribution >= 0.6 is 34.8 Å². The third kappa shape index (κ3) is 9.14. The topological polar surface area (TPSA) is 59.4 Å². The minimum Gasteiger partial charge on any atom is -0.478 e. The quantitative estimate of drug-likeness (QED) is 0.201. The minimum atomic E-state index is -1.83. The van der Waals surface area contributed by atoms with Crippen molar-refractivity contribution in [1.82, 2.24) is 0 Å². The van der Waals surface area contributed by atoms with Crippen LogP contribution in [0.5, 0.6) is 0 Å². The molecule has 0 saturated heterocycles. The van der Waals surface area contributed by atoms with E-state index in [-0.39, 0.29) is 24.6 Å². The maximum absolute atomic E-state index is 10.9. The largest absolute Gasteiger partial charge is 0.478 e. The number of hydrogen-bond donors (Lipinski definition) is 1. The Balaban J connectivity index is 4.07. The Labute approximate surface area is 128 Å². The molecule has 1 N–H and O–H groups in total. The normalized spacial score (nSPS) is 13.6. The van der Waals surface area contributed by atoms with Crippen molar-refractivity contribution in [3.8, 4) is 0 Å². The highest BCUT2D eigenvalue weighted by Crippen LogP contribution is 2.27. The molecule has 0 fully saturated rings. The van der Waals surface area contributed by atoms with Gasteiger partial charge in [0.15, 0.2) is 0 Å². The highest BCUT2D eigenvalue weighted by molar-refractivity contribution is 6.76. The molecule has 1 unspecified atom stereocenters. The van der Waals surface area contributed by atoms with Gasteiger partial charge in [-0.25, -0.2) is 0 Å². The molecule has 0 rings (SSSR count). The van der Waals surface area contributed by atoms with Gasteiger partial charge in [-0.15, -0.1) is 0 Å². The molecule has 7 heteroatoms. The van der Waals surface area contributed by atoms with Crippen molar-refractivity contribution in [2.75, 3.05) is 6.61 Å². The summed E-state index contributed by atoms with van der Waals surface area (Å²) in [6.07, 6.45) is 3.84. The maximum Gasteiger partial charge on any atom is 0.303 e. The lowest BCUT2D eigenvalue weighted by Crippen LogP contribution is -2.21. The van der Waals surface area contributed by atoms with Gasteiger partial charge in [0.2, 0.25) is 5.90 Å². The third-order valence-corrected chi connectivity index (χ3v) is 2.59. The van der Waals surface area contributed by atoms with E-state index < -0.39 is 9.69 Å². The van der Waals surface area contributed by atoms with Gasteiger partial charge >= 0.3 is 5.97 Å². The predicted molar refractivity (Wildman–Crippen MR) is 78.1 cm³/mol. The first-order valence-corrected chi connectivity index (χ1v) is 6.90. The first-order valence-electron chi connectivity index (χ1n) is 5.77. The van der Waals surface area contributed by atoms with Crippen molar-refractivity contribution in [3.63, 3.8) is 0 Å². The summed E-state index contributed by atoms with van der Waals surface area (Å²) in [4.78, 5) is 10.9. The molecule has 0 radical (unpaired) electrons. The van der Waals surface area contributed by atoms with Crippen LogP contribution in [0.1, 0.15) is 27.2 Å². The highest BCUT2D eigenvalue weighted by Gasteiger charge is 2.28. The van der Waals surface area contributed by atoms with E-state index in [0.29, 0.717) is 6.42 Å². The third-order valence-electron chi connectivity index (χ3n) is 2.07. The van der Waals surface area contributed by atoms with Crippen molar-refractivity contribution in [3.05, 3.63) is 12.2 Å². The Bertz CT molecular complexity index is 338. The highest BCUT2D eigenvalue weighted by atomic mass is 35.6. The number of carbonyl (C=O) groups is 1. The molecule has 0 amide bonds. The first-order chi connectivity index (χ1) is 8.64. The van der Waals surface area contributed by atoms with E-state index in [2.05, 4.69) is 0 Å². The van der Waals surface area contributed by atoms with Crippen LogP contribution in [0, 0.1) is 11.3 Å². The van der Waals surface area contributed by atoms with Crippen LogP contribution in [-0.2, 0) is 14.3 Å². The van der Waals surface area contributed by atoms with Crippen molar-refractivity contribution in [1.29, 1.82) is 5.41 Å². The lowest BCUT2D eigenvalue weighted by molar-refractivity contribution is -0.145. The van der Waals surface area contributed by atoms with Crippen molar-refractivity contribution < 1.29 is 14.3 Å². The van der Waals surface area contributed by atoms with Crippen LogP contribution < -0.4 is 0 Å². The van der Waals surface area contributed by atoms with E-state index in [1.165, 1.54) is 6.92 Å². The molecule has 0 aromatic carbocycles. The van der Waals surface area contributed by atoms with Gasteiger partial charge in [0.05, 0.1) is 6.61 Å². The zero-order valence-electron chi connectivity index (χ0n) is 11.1. The summed E-state index contributed by atoms with van der Waals surface area (Å²) in [5.41, 5.74) is 0. The Morgan fingerprint density at radius 1 is 1.37 bits per heavy atom. The summed E-state index contributed by atoms with van der Waals surface area (Å²) in [7, 11) is 0. The summed E-state index contributed by atoms with van der Waals surface area (Å²) in [5.74, 6) is -0.551. The van der Waals surface area contributed by atoms with E-state index in [4.69, 9.17) is 49.7 Å². The molecular formula is C12H18Cl3NO3. The number of alkyl halides is 3. The summed E-state index contributed by atoms with van der Waals surface area (Å²) in [5, 5.41) is 7.31. The van der Waals surface area contributed by atoms with Gasteiger partial charge in [-0.3, -0.25) is 10.2 Å². The molecule has 0 saturated carbocycles. The van der Waals surface area contributed by atoms with E-state index >= 15 is 0 Å². The van der Waals surface area contributed by atoms with Crippen molar-refractivity contribution in [2.45, 2.75) is 37.1 Å². The predicted octanol–water partition coefficient (Wildman–Crippen LogP) is 3.88. The average Bonchev–Trinajstić information content (AvgIpc) is 2.24. The molecule has 0 aliphatic carbocycles. The number of nitrogens with one attached hydrogen (secondary N) is 1. The molecule has 0 aromatic heterocycles. The second-order valence-corrected chi connectivity index (χ2v) is 6.49. The molecule has 19 heavy (non-hydrogen) atoms. The Hall–Kier alpha value is -0.450. The summed E-state index contributed by atoms with van der Waals surface area (Å²) >= 11 is 16.4. The zero-order chi connectivity index (χ0) is 15.1. The smallest absolute Gasteiger partial charge is 0.303 e. The Morgan fingerprint density at radius 2 is 1.95 bits per heavy atom. The van der Waals surface area contributed by atoms with Gasteiger partial charge in [-0.05, 0) is 18.4 Å².